The van der Waals surface area contributed by atoms with Gasteiger partial charge in [0.2, 0.25) is 5.91 Å². The number of aromatic nitrogens is 1. The molecular weight excluding hydrogens is 422 g/mol. The summed E-state index contributed by atoms with van der Waals surface area (Å²) >= 11 is 0. The lowest BCUT2D eigenvalue weighted by molar-refractivity contribution is -0.132. The van der Waals surface area contributed by atoms with Crippen molar-refractivity contribution in [3.05, 3.63) is 89.8 Å². The number of carbonyl (C=O) groups excluding carboxylic acids is 3. The summed E-state index contributed by atoms with van der Waals surface area (Å²) in [5.41, 5.74) is 1.85. The Labute approximate surface area is 190 Å². The fourth-order valence-electron chi connectivity index (χ4n) is 3.79. The lowest BCUT2D eigenvalue weighted by atomic mass is 9.96. The molecule has 8 nitrogen and oxygen atoms in total. The van der Waals surface area contributed by atoms with Crippen molar-refractivity contribution in [3.8, 4) is 5.75 Å². The highest BCUT2D eigenvalue weighted by Crippen LogP contribution is 2.42. The molecule has 1 saturated heterocycles. The van der Waals surface area contributed by atoms with Gasteiger partial charge >= 0.3 is 0 Å². The largest absolute Gasteiger partial charge is 0.507 e. The van der Waals surface area contributed by atoms with E-state index in [9.17, 15) is 19.5 Å². The van der Waals surface area contributed by atoms with Crippen LogP contribution in [0.25, 0.3) is 5.76 Å². The van der Waals surface area contributed by atoms with Gasteiger partial charge in [-0.15, -0.1) is 0 Å². The van der Waals surface area contributed by atoms with E-state index < -0.39 is 17.7 Å². The number of nitrogens with zero attached hydrogens (tertiary/aromatic N) is 2. The van der Waals surface area contributed by atoms with E-state index >= 15 is 0 Å². The summed E-state index contributed by atoms with van der Waals surface area (Å²) in [5.74, 6) is -1.62. The molecule has 2 N–H and O–H groups in total. The number of methoxy groups -OCH3 is 1. The van der Waals surface area contributed by atoms with Gasteiger partial charge in [0.15, 0.2) is 0 Å². The molecule has 33 heavy (non-hydrogen) atoms. The standard InChI is InChI=1S/C25H21N3O5/c1-15(29)27-18-8-10-19(11-9-18)28-22(17-6-4-12-26-14-17)21(24(31)25(28)32)23(30)16-5-3-7-20(13-16)33-2/h3-14,22,30H,1-2H3,(H,27,29)/b23-21-. The molecule has 2 aromatic carbocycles. The van der Waals surface area contributed by atoms with Crippen LogP contribution in [0.15, 0.2) is 78.6 Å². The highest BCUT2D eigenvalue weighted by Gasteiger charge is 2.47. The van der Waals surface area contributed by atoms with Crippen LogP contribution in [0.5, 0.6) is 5.75 Å². The van der Waals surface area contributed by atoms with E-state index in [1.54, 1.807) is 73.1 Å². The van der Waals surface area contributed by atoms with E-state index in [1.807, 2.05) is 0 Å². The van der Waals surface area contributed by atoms with Gasteiger partial charge in [-0.1, -0.05) is 18.2 Å². The first-order valence-electron chi connectivity index (χ1n) is 10.1. The highest BCUT2D eigenvalue weighted by molar-refractivity contribution is 6.51. The normalized spacial score (nSPS) is 17.2. The van der Waals surface area contributed by atoms with E-state index in [1.165, 1.54) is 18.9 Å². The van der Waals surface area contributed by atoms with E-state index in [-0.39, 0.29) is 17.2 Å². The quantitative estimate of drug-likeness (QED) is 0.354. The molecule has 1 unspecified atom stereocenters. The molecule has 4 rings (SSSR count). The summed E-state index contributed by atoms with van der Waals surface area (Å²) in [5, 5.41) is 13.8. The zero-order valence-electron chi connectivity index (χ0n) is 18.0. The Morgan fingerprint density at radius 3 is 2.48 bits per heavy atom. The maximum absolute atomic E-state index is 13.1. The molecule has 1 fully saturated rings. The summed E-state index contributed by atoms with van der Waals surface area (Å²) in [6, 6.07) is 15.7. The molecule has 1 aromatic heterocycles. The monoisotopic (exact) mass is 443 g/mol. The Morgan fingerprint density at radius 2 is 1.85 bits per heavy atom. The molecule has 1 atom stereocenters. The second-order valence-corrected chi connectivity index (χ2v) is 7.42. The van der Waals surface area contributed by atoms with E-state index in [4.69, 9.17) is 4.74 Å². The summed E-state index contributed by atoms with van der Waals surface area (Å²) in [7, 11) is 1.50. The van der Waals surface area contributed by atoms with Gasteiger partial charge in [-0.3, -0.25) is 24.3 Å². The van der Waals surface area contributed by atoms with Gasteiger partial charge in [0, 0.05) is 36.3 Å². The minimum absolute atomic E-state index is 0.0489. The molecular formula is C25H21N3O5. The number of rotatable bonds is 5. The highest BCUT2D eigenvalue weighted by atomic mass is 16.5. The molecule has 2 heterocycles. The number of pyridine rings is 1. The number of ether oxygens (including phenoxy) is 1. The third-order valence-corrected chi connectivity index (χ3v) is 5.25. The zero-order valence-corrected chi connectivity index (χ0v) is 18.0. The second-order valence-electron chi connectivity index (χ2n) is 7.42. The number of amides is 2. The second kappa shape index (κ2) is 8.96. The SMILES string of the molecule is COc1cccc(/C(O)=C2/C(=O)C(=O)N(c3ccc(NC(C)=O)cc3)C2c2cccnc2)c1. The van der Waals surface area contributed by atoms with Gasteiger partial charge in [0.25, 0.3) is 11.7 Å². The minimum Gasteiger partial charge on any atom is -0.507 e. The third kappa shape index (κ3) is 4.18. The van der Waals surface area contributed by atoms with Crippen molar-refractivity contribution in [1.29, 1.82) is 0 Å². The van der Waals surface area contributed by atoms with Crippen LogP contribution >= 0.6 is 0 Å². The van der Waals surface area contributed by atoms with E-state index in [2.05, 4.69) is 10.3 Å². The first-order valence-corrected chi connectivity index (χ1v) is 10.1. The number of anilines is 2. The van der Waals surface area contributed by atoms with Crippen LogP contribution in [0, 0.1) is 0 Å². The van der Waals surface area contributed by atoms with Crippen molar-refractivity contribution in [2.45, 2.75) is 13.0 Å². The van der Waals surface area contributed by atoms with E-state index in [0.717, 1.165) is 0 Å². The van der Waals surface area contributed by atoms with E-state index in [0.29, 0.717) is 28.3 Å². The average Bonchev–Trinajstić information content (AvgIpc) is 3.10. The molecule has 0 aliphatic carbocycles. The number of hydrogen-bond donors (Lipinski definition) is 2. The van der Waals surface area contributed by atoms with Crippen LogP contribution < -0.4 is 15.0 Å². The maximum Gasteiger partial charge on any atom is 0.300 e. The Hall–Kier alpha value is -4.46. The number of ketones is 1. The molecule has 0 radical (unpaired) electrons. The smallest absolute Gasteiger partial charge is 0.300 e. The topological polar surface area (TPSA) is 109 Å². The fourth-order valence-corrected chi connectivity index (χ4v) is 3.79. The van der Waals surface area contributed by atoms with Gasteiger partial charge in [-0.05, 0) is 48.0 Å². The van der Waals surface area contributed by atoms with Gasteiger partial charge < -0.3 is 15.2 Å². The molecule has 0 spiro atoms. The van der Waals surface area contributed by atoms with Gasteiger partial charge in [0.1, 0.15) is 11.5 Å². The lowest BCUT2D eigenvalue weighted by Gasteiger charge is -2.25. The predicted octanol–water partition coefficient (Wildman–Crippen LogP) is 3.67. The predicted molar refractivity (Wildman–Crippen MR) is 123 cm³/mol. The summed E-state index contributed by atoms with van der Waals surface area (Å²) in [6.45, 7) is 1.40. The maximum atomic E-state index is 13.1. The fraction of sp³-hybridized carbons (Fsp3) is 0.120. The summed E-state index contributed by atoms with van der Waals surface area (Å²) < 4.78 is 5.22. The number of aliphatic hydroxyl groups excluding tert-OH is 1. The van der Waals surface area contributed by atoms with Gasteiger partial charge in [-0.25, -0.2) is 0 Å². The van der Waals surface area contributed by atoms with Crippen LogP contribution in [-0.4, -0.2) is 34.8 Å². The van der Waals surface area contributed by atoms with Crippen LogP contribution in [0.3, 0.4) is 0 Å². The number of carbonyl (C=O) groups is 3. The van der Waals surface area contributed by atoms with Crippen molar-refractivity contribution in [2.75, 3.05) is 17.3 Å². The molecule has 1 aliphatic heterocycles. The minimum atomic E-state index is -0.892. The third-order valence-electron chi connectivity index (χ3n) is 5.25. The number of aliphatic hydroxyl groups is 1. The lowest BCUT2D eigenvalue weighted by Crippen LogP contribution is -2.29. The average molecular weight is 443 g/mol. The van der Waals surface area contributed by atoms with Gasteiger partial charge in [0.05, 0.1) is 18.7 Å². The Kier molecular flexibility index (Phi) is 5.91. The first kappa shape index (κ1) is 21.8. The summed E-state index contributed by atoms with van der Waals surface area (Å²) in [6.07, 6.45) is 3.13. The van der Waals surface area contributed by atoms with Crippen molar-refractivity contribution in [2.24, 2.45) is 0 Å². The molecule has 1 aliphatic rings. The Morgan fingerprint density at radius 1 is 1.09 bits per heavy atom. The molecule has 3 aromatic rings. The zero-order chi connectivity index (χ0) is 23.5. The van der Waals surface area contributed by atoms with Crippen molar-refractivity contribution in [3.63, 3.8) is 0 Å². The van der Waals surface area contributed by atoms with Crippen LogP contribution in [0.1, 0.15) is 24.1 Å². The first-order chi connectivity index (χ1) is 15.9. The molecule has 0 bridgehead atoms. The van der Waals surface area contributed by atoms with Crippen LogP contribution in [-0.2, 0) is 14.4 Å². The number of Topliss-reactive ketones (excluding diaryl/α,β-unsaturated/α-hetero) is 1. The Balaban J connectivity index is 1.86. The van der Waals surface area contributed by atoms with Crippen molar-refractivity contribution < 1.29 is 24.2 Å². The number of nitrogens with one attached hydrogen (secondary N) is 1. The molecule has 166 valence electrons. The summed E-state index contributed by atoms with van der Waals surface area (Å²) in [4.78, 5) is 43.0. The van der Waals surface area contributed by atoms with Crippen LogP contribution in [0.2, 0.25) is 0 Å². The van der Waals surface area contributed by atoms with Crippen molar-refractivity contribution in [1.82, 2.24) is 4.98 Å². The van der Waals surface area contributed by atoms with Crippen molar-refractivity contribution >= 4 is 34.7 Å². The van der Waals surface area contributed by atoms with Gasteiger partial charge in [-0.2, -0.15) is 0 Å². The molecule has 2 amide bonds. The van der Waals surface area contributed by atoms with Crippen LogP contribution in [0.4, 0.5) is 11.4 Å². The molecule has 8 heteroatoms. The molecule has 0 saturated carbocycles. The Bertz CT molecular complexity index is 1250. The number of hydrogen-bond acceptors (Lipinski definition) is 6. The number of benzene rings is 2.